The summed E-state index contributed by atoms with van der Waals surface area (Å²) >= 11 is 0. The molecule has 20 heavy (non-hydrogen) atoms. The van der Waals surface area contributed by atoms with Gasteiger partial charge in [0.1, 0.15) is 0 Å². The zero-order valence-corrected chi connectivity index (χ0v) is 13.5. The van der Waals surface area contributed by atoms with Crippen molar-refractivity contribution < 1.29 is 0 Å². The Bertz CT molecular complexity index is 293. The summed E-state index contributed by atoms with van der Waals surface area (Å²) in [5.74, 6) is 0. The predicted octanol–water partition coefficient (Wildman–Crippen LogP) is 2.47. The molecule has 3 saturated heterocycles. The molecule has 3 aliphatic heterocycles. The van der Waals surface area contributed by atoms with Gasteiger partial charge >= 0.3 is 0 Å². The molecule has 3 aliphatic rings. The van der Waals surface area contributed by atoms with Gasteiger partial charge in [0, 0.05) is 24.2 Å². The molecule has 1 N–H and O–H groups in total. The average Bonchev–Trinajstić information content (AvgIpc) is 2.42. The Morgan fingerprint density at radius 1 is 0.950 bits per heavy atom. The predicted molar refractivity (Wildman–Crippen MR) is 85.1 cm³/mol. The number of fused-ring (bicyclic) bond motifs is 2. The molecule has 3 heteroatoms. The van der Waals surface area contributed by atoms with Crippen molar-refractivity contribution in [3.63, 3.8) is 0 Å². The highest BCUT2D eigenvalue weighted by molar-refractivity contribution is 4.93. The van der Waals surface area contributed by atoms with Crippen LogP contribution in [0.3, 0.4) is 0 Å². The molecule has 0 aliphatic carbocycles. The zero-order valence-electron chi connectivity index (χ0n) is 13.5. The summed E-state index contributed by atoms with van der Waals surface area (Å²) in [4.78, 5) is 5.24. The SMILES string of the molecule is CN1CCCCC1CCNC1CC2CCCC(C1)N2C. The zero-order chi connectivity index (χ0) is 13.9. The molecule has 3 fully saturated rings. The Hall–Kier alpha value is -0.120. The molecule has 0 amide bonds. The van der Waals surface area contributed by atoms with Crippen LogP contribution in [0.4, 0.5) is 0 Å². The summed E-state index contributed by atoms with van der Waals surface area (Å²) in [5.41, 5.74) is 0. The number of piperidine rings is 3. The Balaban J connectivity index is 1.40. The molecule has 0 radical (unpaired) electrons. The van der Waals surface area contributed by atoms with Crippen molar-refractivity contribution >= 4 is 0 Å². The highest BCUT2D eigenvalue weighted by Crippen LogP contribution is 2.32. The van der Waals surface area contributed by atoms with Crippen LogP contribution in [0.25, 0.3) is 0 Å². The second-order valence-corrected chi connectivity index (χ2v) is 7.45. The second kappa shape index (κ2) is 6.76. The highest BCUT2D eigenvalue weighted by Gasteiger charge is 2.35. The van der Waals surface area contributed by atoms with E-state index < -0.39 is 0 Å². The van der Waals surface area contributed by atoms with E-state index in [1.54, 1.807) is 0 Å². The third-order valence-electron chi connectivity index (χ3n) is 6.17. The van der Waals surface area contributed by atoms with Crippen molar-refractivity contribution in [1.82, 2.24) is 15.1 Å². The van der Waals surface area contributed by atoms with E-state index in [9.17, 15) is 0 Å². The molecule has 0 aromatic rings. The van der Waals surface area contributed by atoms with Gasteiger partial charge in [0.2, 0.25) is 0 Å². The first kappa shape index (κ1) is 14.8. The molecule has 3 unspecified atom stereocenters. The van der Waals surface area contributed by atoms with Gasteiger partial charge in [0.05, 0.1) is 0 Å². The van der Waals surface area contributed by atoms with E-state index in [-0.39, 0.29) is 0 Å². The topological polar surface area (TPSA) is 18.5 Å². The van der Waals surface area contributed by atoms with E-state index in [0.717, 1.165) is 24.2 Å². The van der Waals surface area contributed by atoms with Crippen LogP contribution in [-0.4, -0.2) is 61.2 Å². The average molecular weight is 279 g/mol. The summed E-state index contributed by atoms with van der Waals surface area (Å²) in [6.07, 6.45) is 12.7. The molecule has 0 saturated carbocycles. The fourth-order valence-corrected chi connectivity index (χ4v) is 4.75. The standard InChI is InChI=1S/C17H33N3/c1-19-11-4-3-6-15(19)9-10-18-14-12-16-7-5-8-17(13-14)20(16)2/h14-18H,3-13H2,1-2H3. The van der Waals surface area contributed by atoms with Crippen molar-refractivity contribution in [1.29, 1.82) is 0 Å². The summed E-state index contributed by atoms with van der Waals surface area (Å²) in [5, 5.41) is 3.89. The number of rotatable bonds is 4. The van der Waals surface area contributed by atoms with Crippen molar-refractivity contribution in [2.24, 2.45) is 0 Å². The smallest absolute Gasteiger partial charge is 0.0110 e. The largest absolute Gasteiger partial charge is 0.314 e. The lowest BCUT2D eigenvalue weighted by Crippen LogP contribution is -2.54. The molecule has 2 bridgehead atoms. The van der Waals surface area contributed by atoms with Crippen LogP contribution in [0.2, 0.25) is 0 Å². The first-order chi connectivity index (χ1) is 9.74. The molecule has 3 nitrogen and oxygen atoms in total. The van der Waals surface area contributed by atoms with E-state index >= 15 is 0 Å². The Morgan fingerprint density at radius 3 is 2.40 bits per heavy atom. The monoisotopic (exact) mass is 279 g/mol. The Labute approximate surface area is 125 Å². The van der Waals surface area contributed by atoms with Gasteiger partial charge in [0.25, 0.3) is 0 Å². The molecule has 116 valence electrons. The number of nitrogens with zero attached hydrogens (tertiary/aromatic N) is 2. The van der Waals surface area contributed by atoms with Gasteiger partial charge < -0.3 is 15.1 Å². The third-order valence-corrected chi connectivity index (χ3v) is 6.17. The maximum Gasteiger partial charge on any atom is 0.0110 e. The van der Waals surface area contributed by atoms with Crippen LogP contribution in [0.5, 0.6) is 0 Å². The molecule has 0 spiro atoms. The number of hydrogen-bond acceptors (Lipinski definition) is 3. The van der Waals surface area contributed by atoms with Crippen LogP contribution >= 0.6 is 0 Å². The first-order valence-corrected chi connectivity index (χ1v) is 8.89. The minimum Gasteiger partial charge on any atom is -0.314 e. The van der Waals surface area contributed by atoms with Crippen LogP contribution in [0.15, 0.2) is 0 Å². The third kappa shape index (κ3) is 3.37. The number of nitrogens with one attached hydrogen (secondary N) is 1. The highest BCUT2D eigenvalue weighted by atomic mass is 15.2. The molecule has 3 heterocycles. The van der Waals surface area contributed by atoms with Crippen molar-refractivity contribution in [2.75, 3.05) is 27.2 Å². The van der Waals surface area contributed by atoms with Gasteiger partial charge in [-0.2, -0.15) is 0 Å². The Morgan fingerprint density at radius 2 is 1.70 bits per heavy atom. The normalized spacial score (nSPS) is 39.9. The number of hydrogen-bond donors (Lipinski definition) is 1. The molecular weight excluding hydrogens is 246 g/mol. The molecule has 3 rings (SSSR count). The first-order valence-electron chi connectivity index (χ1n) is 8.89. The minimum atomic E-state index is 0.787. The lowest BCUT2D eigenvalue weighted by molar-refractivity contribution is 0.0478. The van der Waals surface area contributed by atoms with Crippen LogP contribution < -0.4 is 5.32 Å². The quantitative estimate of drug-likeness (QED) is 0.853. The molecule has 0 aromatic heterocycles. The summed E-state index contributed by atoms with van der Waals surface area (Å²) in [6.45, 7) is 2.53. The minimum absolute atomic E-state index is 0.787. The van der Waals surface area contributed by atoms with E-state index in [1.165, 1.54) is 70.9 Å². The van der Waals surface area contributed by atoms with Crippen LogP contribution in [-0.2, 0) is 0 Å². The van der Waals surface area contributed by atoms with Gasteiger partial charge in [-0.15, -0.1) is 0 Å². The van der Waals surface area contributed by atoms with Crippen molar-refractivity contribution in [2.45, 2.75) is 82.0 Å². The lowest BCUT2D eigenvalue weighted by Gasteiger charge is -2.47. The van der Waals surface area contributed by atoms with Crippen molar-refractivity contribution in [3.05, 3.63) is 0 Å². The van der Waals surface area contributed by atoms with Crippen LogP contribution in [0, 0.1) is 0 Å². The summed E-state index contributed by atoms with van der Waals surface area (Å²) in [6, 6.07) is 3.34. The van der Waals surface area contributed by atoms with Gasteiger partial charge in [-0.3, -0.25) is 0 Å². The van der Waals surface area contributed by atoms with E-state index in [0.29, 0.717) is 0 Å². The number of likely N-dealkylation sites (tertiary alicyclic amines) is 1. The summed E-state index contributed by atoms with van der Waals surface area (Å²) < 4.78 is 0. The maximum absolute atomic E-state index is 3.89. The van der Waals surface area contributed by atoms with Crippen molar-refractivity contribution in [3.8, 4) is 0 Å². The van der Waals surface area contributed by atoms with Gasteiger partial charge in [-0.05, 0) is 72.1 Å². The van der Waals surface area contributed by atoms with E-state index in [1.807, 2.05) is 0 Å². The lowest BCUT2D eigenvalue weighted by atomic mass is 9.82. The maximum atomic E-state index is 3.89. The fraction of sp³-hybridized carbons (Fsp3) is 1.00. The summed E-state index contributed by atoms with van der Waals surface area (Å²) in [7, 11) is 4.66. The Kier molecular flexibility index (Phi) is 5.00. The fourth-order valence-electron chi connectivity index (χ4n) is 4.75. The second-order valence-electron chi connectivity index (χ2n) is 7.45. The van der Waals surface area contributed by atoms with Gasteiger partial charge in [-0.1, -0.05) is 12.8 Å². The molecule has 3 atom stereocenters. The van der Waals surface area contributed by atoms with Crippen LogP contribution in [0.1, 0.15) is 57.8 Å². The van der Waals surface area contributed by atoms with Gasteiger partial charge in [-0.25, -0.2) is 0 Å². The molecule has 0 aromatic carbocycles. The van der Waals surface area contributed by atoms with Gasteiger partial charge in [0.15, 0.2) is 0 Å². The van der Waals surface area contributed by atoms with E-state index in [4.69, 9.17) is 0 Å². The molecular formula is C17H33N3. The van der Waals surface area contributed by atoms with E-state index in [2.05, 4.69) is 29.2 Å².